The summed E-state index contributed by atoms with van der Waals surface area (Å²) < 4.78 is 0.230. The number of halogens is 1. The van der Waals surface area contributed by atoms with Crippen molar-refractivity contribution >= 4 is 22.6 Å². The third-order valence-electron chi connectivity index (χ3n) is 3.90. The summed E-state index contributed by atoms with van der Waals surface area (Å²) in [5.41, 5.74) is 6.10. The van der Waals surface area contributed by atoms with Gasteiger partial charge < -0.3 is 15.9 Å². The molecule has 0 bridgehead atoms. The standard InChI is InChI=1S/C14H28INO2/c1-10(2)8-12(17)13(18)11(16)9-14(15)6-4-3-5-7-14/h10-13,17-18H,3-9,16H2,1-2H3/t11-,12-,13+/m0/s1. The van der Waals surface area contributed by atoms with Crippen LogP contribution in [-0.2, 0) is 0 Å². The summed E-state index contributed by atoms with van der Waals surface area (Å²) >= 11 is 2.51. The number of nitrogens with two attached hydrogens (primary N) is 1. The molecule has 1 fully saturated rings. The van der Waals surface area contributed by atoms with Gasteiger partial charge in [-0.05, 0) is 31.6 Å². The average Bonchev–Trinajstić information content (AvgIpc) is 2.27. The SMILES string of the molecule is CC(C)C[C@H](O)[C@H](O)[C@@H](N)CC1(I)CCCCC1. The van der Waals surface area contributed by atoms with Gasteiger partial charge in [-0.3, -0.25) is 0 Å². The van der Waals surface area contributed by atoms with E-state index in [0.29, 0.717) is 12.3 Å². The summed E-state index contributed by atoms with van der Waals surface area (Å²) in [5, 5.41) is 20.0. The van der Waals surface area contributed by atoms with Gasteiger partial charge in [-0.1, -0.05) is 55.7 Å². The fourth-order valence-corrected chi connectivity index (χ4v) is 4.11. The number of aliphatic hydroxyl groups excluding tert-OH is 2. The van der Waals surface area contributed by atoms with Crippen LogP contribution in [0.15, 0.2) is 0 Å². The Morgan fingerprint density at radius 1 is 1.17 bits per heavy atom. The van der Waals surface area contributed by atoms with Crippen LogP contribution in [-0.4, -0.2) is 31.9 Å². The van der Waals surface area contributed by atoms with Gasteiger partial charge in [-0.2, -0.15) is 0 Å². The summed E-state index contributed by atoms with van der Waals surface area (Å²) in [7, 11) is 0. The second kappa shape index (κ2) is 7.41. The fourth-order valence-electron chi connectivity index (χ4n) is 2.84. The fraction of sp³-hybridized carbons (Fsp3) is 1.00. The van der Waals surface area contributed by atoms with Gasteiger partial charge in [0.2, 0.25) is 0 Å². The first-order valence-electron chi connectivity index (χ1n) is 7.15. The van der Waals surface area contributed by atoms with E-state index in [9.17, 15) is 10.2 Å². The Labute approximate surface area is 125 Å². The summed E-state index contributed by atoms with van der Waals surface area (Å²) in [6.07, 6.45) is 6.17. The molecule has 4 N–H and O–H groups in total. The zero-order valence-corrected chi connectivity index (χ0v) is 13.8. The molecule has 0 aliphatic heterocycles. The van der Waals surface area contributed by atoms with Crippen molar-refractivity contribution in [2.45, 2.75) is 80.5 Å². The van der Waals surface area contributed by atoms with E-state index in [1.165, 1.54) is 32.1 Å². The second-order valence-corrected chi connectivity index (χ2v) is 8.56. The number of aliphatic hydroxyl groups is 2. The van der Waals surface area contributed by atoms with Crippen molar-refractivity contribution in [1.29, 1.82) is 0 Å². The highest BCUT2D eigenvalue weighted by Crippen LogP contribution is 2.40. The van der Waals surface area contributed by atoms with Crippen molar-refractivity contribution in [2.24, 2.45) is 11.7 Å². The van der Waals surface area contributed by atoms with Gasteiger partial charge in [0, 0.05) is 9.46 Å². The Bertz CT molecular complexity index is 242. The third kappa shape index (κ3) is 5.31. The largest absolute Gasteiger partial charge is 0.390 e. The van der Waals surface area contributed by atoms with Gasteiger partial charge in [-0.25, -0.2) is 0 Å². The minimum Gasteiger partial charge on any atom is -0.390 e. The van der Waals surface area contributed by atoms with Crippen LogP contribution in [0.25, 0.3) is 0 Å². The zero-order chi connectivity index (χ0) is 13.8. The first-order chi connectivity index (χ1) is 8.34. The van der Waals surface area contributed by atoms with E-state index in [1.54, 1.807) is 0 Å². The van der Waals surface area contributed by atoms with E-state index in [1.807, 2.05) is 13.8 Å². The molecule has 18 heavy (non-hydrogen) atoms. The van der Waals surface area contributed by atoms with Crippen LogP contribution in [0, 0.1) is 5.92 Å². The molecule has 1 aliphatic rings. The first kappa shape index (κ1) is 16.7. The van der Waals surface area contributed by atoms with E-state index in [-0.39, 0.29) is 9.46 Å². The van der Waals surface area contributed by atoms with Crippen LogP contribution in [0.5, 0.6) is 0 Å². The number of rotatable bonds is 6. The number of hydrogen-bond acceptors (Lipinski definition) is 3. The molecule has 0 radical (unpaired) electrons. The summed E-state index contributed by atoms with van der Waals surface area (Å²) in [5.74, 6) is 0.380. The minimum absolute atomic E-state index is 0.230. The predicted octanol–water partition coefficient (Wildman–Crippen LogP) is 2.61. The molecule has 3 atom stereocenters. The lowest BCUT2D eigenvalue weighted by molar-refractivity contribution is -0.0101. The van der Waals surface area contributed by atoms with Crippen LogP contribution >= 0.6 is 22.6 Å². The molecule has 1 rings (SSSR count). The van der Waals surface area contributed by atoms with E-state index in [2.05, 4.69) is 22.6 Å². The van der Waals surface area contributed by atoms with Gasteiger partial charge in [0.05, 0.1) is 12.2 Å². The quantitative estimate of drug-likeness (QED) is 0.498. The molecule has 1 saturated carbocycles. The molecule has 1 aliphatic carbocycles. The van der Waals surface area contributed by atoms with Gasteiger partial charge in [-0.15, -0.1) is 0 Å². The Kier molecular flexibility index (Phi) is 6.86. The highest BCUT2D eigenvalue weighted by molar-refractivity contribution is 14.1. The van der Waals surface area contributed by atoms with Gasteiger partial charge in [0.15, 0.2) is 0 Å². The second-order valence-electron chi connectivity index (χ2n) is 6.27. The first-order valence-corrected chi connectivity index (χ1v) is 8.22. The number of hydrogen-bond donors (Lipinski definition) is 3. The van der Waals surface area contributed by atoms with Crippen molar-refractivity contribution in [2.75, 3.05) is 0 Å². The molecule has 3 nitrogen and oxygen atoms in total. The molecule has 0 unspecified atom stereocenters. The Morgan fingerprint density at radius 2 is 1.72 bits per heavy atom. The molecule has 0 spiro atoms. The summed E-state index contributed by atoms with van der Waals surface area (Å²) in [4.78, 5) is 0. The van der Waals surface area contributed by atoms with Crippen LogP contribution in [0.3, 0.4) is 0 Å². The molecule has 0 aromatic rings. The van der Waals surface area contributed by atoms with E-state index >= 15 is 0 Å². The lowest BCUT2D eigenvalue weighted by Gasteiger charge is -2.36. The number of alkyl halides is 1. The van der Waals surface area contributed by atoms with Crippen LogP contribution < -0.4 is 5.73 Å². The maximum Gasteiger partial charge on any atom is 0.0950 e. The summed E-state index contributed by atoms with van der Waals surface area (Å²) in [6.45, 7) is 4.09. The predicted molar refractivity (Wildman–Crippen MR) is 83.9 cm³/mol. The van der Waals surface area contributed by atoms with Crippen molar-refractivity contribution in [3.8, 4) is 0 Å². The van der Waals surface area contributed by atoms with Crippen LogP contribution in [0.2, 0.25) is 0 Å². The molecule has 0 aromatic carbocycles. The zero-order valence-electron chi connectivity index (χ0n) is 11.6. The van der Waals surface area contributed by atoms with Gasteiger partial charge in [0.1, 0.15) is 0 Å². The Hall–Kier alpha value is 0.610. The molecule has 108 valence electrons. The Balaban J connectivity index is 2.45. The van der Waals surface area contributed by atoms with Crippen molar-refractivity contribution in [3.63, 3.8) is 0 Å². The van der Waals surface area contributed by atoms with E-state index in [0.717, 1.165) is 6.42 Å². The highest BCUT2D eigenvalue weighted by atomic mass is 127. The van der Waals surface area contributed by atoms with E-state index in [4.69, 9.17) is 5.73 Å². The Morgan fingerprint density at radius 3 is 2.22 bits per heavy atom. The van der Waals surface area contributed by atoms with Gasteiger partial charge >= 0.3 is 0 Å². The van der Waals surface area contributed by atoms with E-state index < -0.39 is 12.2 Å². The molecular formula is C14H28INO2. The minimum atomic E-state index is -0.791. The summed E-state index contributed by atoms with van der Waals surface area (Å²) in [6, 6.07) is -0.311. The maximum atomic E-state index is 10.1. The molecule has 0 amide bonds. The normalized spacial score (nSPS) is 24.8. The van der Waals surface area contributed by atoms with Crippen molar-refractivity contribution in [3.05, 3.63) is 0 Å². The molecule has 4 heteroatoms. The lowest BCUT2D eigenvalue weighted by Crippen LogP contribution is -2.47. The molecule has 0 aromatic heterocycles. The topological polar surface area (TPSA) is 66.5 Å². The van der Waals surface area contributed by atoms with Gasteiger partial charge in [0.25, 0.3) is 0 Å². The monoisotopic (exact) mass is 369 g/mol. The van der Waals surface area contributed by atoms with Crippen LogP contribution in [0.4, 0.5) is 0 Å². The third-order valence-corrected chi connectivity index (χ3v) is 5.42. The smallest absolute Gasteiger partial charge is 0.0950 e. The maximum absolute atomic E-state index is 10.1. The average molecular weight is 369 g/mol. The van der Waals surface area contributed by atoms with Crippen LogP contribution in [0.1, 0.15) is 58.8 Å². The highest BCUT2D eigenvalue weighted by Gasteiger charge is 2.34. The molecular weight excluding hydrogens is 341 g/mol. The molecule has 0 saturated heterocycles. The molecule has 0 heterocycles. The van der Waals surface area contributed by atoms with Crippen molar-refractivity contribution in [1.82, 2.24) is 0 Å². The van der Waals surface area contributed by atoms with Crippen molar-refractivity contribution < 1.29 is 10.2 Å². The lowest BCUT2D eigenvalue weighted by atomic mass is 9.82.